The van der Waals surface area contributed by atoms with Gasteiger partial charge in [0, 0.05) is 18.9 Å². The summed E-state index contributed by atoms with van der Waals surface area (Å²) < 4.78 is 28.3. The normalized spacial score (nSPS) is 16.6. The van der Waals surface area contributed by atoms with Gasteiger partial charge in [-0.25, -0.2) is 8.42 Å². The third kappa shape index (κ3) is 6.13. The van der Waals surface area contributed by atoms with E-state index in [0.29, 0.717) is 12.8 Å². The molecule has 0 fully saturated rings. The molecule has 3 N–H and O–H groups in total. The number of hydrogen-bond acceptors (Lipinski definition) is 5. The fourth-order valence-electron chi connectivity index (χ4n) is 2.11. The van der Waals surface area contributed by atoms with Crippen molar-refractivity contribution >= 4 is 9.84 Å². The zero-order valence-corrected chi connectivity index (χ0v) is 13.0. The lowest BCUT2D eigenvalue weighted by Crippen LogP contribution is -2.50. The number of rotatable bonds is 8. The Morgan fingerprint density at radius 1 is 1.33 bits per heavy atom. The third-order valence-electron chi connectivity index (χ3n) is 3.10. The fourth-order valence-corrected chi connectivity index (χ4v) is 3.01. The Hall–Kier alpha value is -0.170. The molecule has 0 aliphatic heterocycles. The van der Waals surface area contributed by atoms with Crippen molar-refractivity contribution in [2.45, 2.75) is 52.7 Å². The molecule has 0 saturated carbocycles. The predicted molar refractivity (Wildman–Crippen MR) is 74.9 cm³/mol. The number of nitrogens with one attached hydrogen (secondary N) is 1. The molecule has 0 aromatic heterocycles. The SMILES string of the molecule is CCS(=O)(=O)CCCC(NN)C(OC)C(C)(C)C. The first-order chi connectivity index (χ1) is 8.18. The standard InChI is InChI=1S/C12H28N2O3S/c1-6-18(15,16)9-7-8-10(14-13)11(17-5)12(2,3)4/h10-11,14H,6-9,13H2,1-5H3. The van der Waals surface area contributed by atoms with Crippen LogP contribution in [0, 0.1) is 5.41 Å². The lowest BCUT2D eigenvalue weighted by molar-refractivity contribution is -0.0132. The van der Waals surface area contributed by atoms with E-state index >= 15 is 0 Å². The van der Waals surface area contributed by atoms with E-state index in [9.17, 15) is 8.42 Å². The molecule has 0 spiro atoms. The van der Waals surface area contributed by atoms with Gasteiger partial charge in [0.2, 0.25) is 0 Å². The van der Waals surface area contributed by atoms with Crippen molar-refractivity contribution in [1.82, 2.24) is 5.43 Å². The van der Waals surface area contributed by atoms with Crippen LogP contribution in [0.1, 0.15) is 40.5 Å². The van der Waals surface area contributed by atoms with Gasteiger partial charge in [-0.2, -0.15) is 0 Å². The summed E-state index contributed by atoms with van der Waals surface area (Å²) in [7, 11) is -1.24. The Balaban J connectivity index is 4.43. The molecule has 0 heterocycles. The molecule has 0 aromatic carbocycles. The Bertz CT molecular complexity index is 323. The molecule has 110 valence electrons. The smallest absolute Gasteiger partial charge is 0.150 e. The summed E-state index contributed by atoms with van der Waals surface area (Å²) in [6.45, 7) is 7.90. The predicted octanol–water partition coefficient (Wildman–Crippen LogP) is 1.09. The first-order valence-electron chi connectivity index (χ1n) is 6.37. The van der Waals surface area contributed by atoms with Crippen LogP contribution in [-0.4, -0.2) is 39.2 Å². The van der Waals surface area contributed by atoms with Gasteiger partial charge in [-0.1, -0.05) is 27.7 Å². The van der Waals surface area contributed by atoms with Gasteiger partial charge in [0.15, 0.2) is 0 Å². The minimum absolute atomic E-state index is 0.0398. The van der Waals surface area contributed by atoms with E-state index in [2.05, 4.69) is 26.2 Å². The molecule has 2 atom stereocenters. The van der Waals surface area contributed by atoms with Crippen molar-refractivity contribution in [3.05, 3.63) is 0 Å². The fraction of sp³-hybridized carbons (Fsp3) is 1.00. The number of methoxy groups -OCH3 is 1. The van der Waals surface area contributed by atoms with Crippen LogP contribution in [-0.2, 0) is 14.6 Å². The quantitative estimate of drug-likeness (QED) is 0.514. The summed E-state index contributed by atoms with van der Waals surface area (Å²) in [4.78, 5) is 0. The minimum Gasteiger partial charge on any atom is -0.379 e. The third-order valence-corrected chi connectivity index (χ3v) is 4.89. The van der Waals surface area contributed by atoms with E-state index in [0.717, 1.165) is 0 Å². The van der Waals surface area contributed by atoms with Crippen molar-refractivity contribution in [2.75, 3.05) is 18.6 Å². The van der Waals surface area contributed by atoms with Crippen molar-refractivity contribution in [3.8, 4) is 0 Å². The van der Waals surface area contributed by atoms with Crippen molar-refractivity contribution in [2.24, 2.45) is 11.3 Å². The van der Waals surface area contributed by atoms with Crippen LogP contribution in [0.25, 0.3) is 0 Å². The molecule has 0 aromatic rings. The van der Waals surface area contributed by atoms with Gasteiger partial charge < -0.3 is 4.74 Å². The molecular weight excluding hydrogens is 252 g/mol. The number of hydrogen-bond donors (Lipinski definition) is 2. The van der Waals surface area contributed by atoms with Crippen LogP contribution in [0.3, 0.4) is 0 Å². The first kappa shape index (κ1) is 17.8. The molecule has 2 unspecified atom stereocenters. The van der Waals surface area contributed by atoms with Crippen molar-refractivity contribution in [3.63, 3.8) is 0 Å². The molecule has 0 bridgehead atoms. The maximum Gasteiger partial charge on any atom is 0.150 e. The monoisotopic (exact) mass is 280 g/mol. The van der Waals surface area contributed by atoms with Gasteiger partial charge in [0.1, 0.15) is 9.84 Å². The van der Waals surface area contributed by atoms with E-state index in [1.54, 1.807) is 14.0 Å². The highest BCUT2D eigenvalue weighted by Gasteiger charge is 2.31. The zero-order chi connectivity index (χ0) is 14.4. The highest BCUT2D eigenvalue weighted by Crippen LogP contribution is 2.26. The summed E-state index contributed by atoms with van der Waals surface area (Å²) in [5.41, 5.74) is 2.70. The second kappa shape index (κ2) is 7.43. The van der Waals surface area contributed by atoms with Crippen LogP contribution in [0.5, 0.6) is 0 Å². The summed E-state index contributed by atoms with van der Waals surface area (Å²) >= 11 is 0. The van der Waals surface area contributed by atoms with E-state index in [4.69, 9.17) is 10.6 Å². The molecule has 0 radical (unpaired) electrons. The Morgan fingerprint density at radius 3 is 2.22 bits per heavy atom. The van der Waals surface area contributed by atoms with Crippen LogP contribution in [0.2, 0.25) is 0 Å². The Morgan fingerprint density at radius 2 is 1.89 bits per heavy atom. The van der Waals surface area contributed by atoms with Gasteiger partial charge in [0.05, 0.1) is 11.9 Å². The topological polar surface area (TPSA) is 81.4 Å². The lowest BCUT2D eigenvalue weighted by atomic mass is 9.83. The highest BCUT2D eigenvalue weighted by atomic mass is 32.2. The molecule has 0 aliphatic carbocycles. The molecular formula is C12H28N2O3S. The number of sulfone groups is 1. The number of nitrogens with two attached hydrogens (primary N) is 1. The van der Waals surface area contributed by atoms with Gasteiger partial charge in [-0.3, -0.25) is 11.3 Å². The zero-order valence-electron chi connectivity index (χ0n) is 12.2. The summed E-state index contributed by atoms with van der Waals surface area (Å²) in [6.07, 6.45) is 1.23. The molecule has 0 rings (SSSR count). The maximum atomic E-state index is 11.4. The van der Waals surface area contributed by atoms with Gasteiger partial charge in [-0.15, -0.1) is 0 Å². The molecule has 5 nitrogen and oxygen atoms in total. The molecule has 0 amide bonds. The molecule has 0 saturated heterocycles. The van der Waals surface area contributed by atoms with Gasteiger partial charge in [0.25, 0.3) is 0 Å². The van der Waals surface area contributed by atoms with Crippen molar-refractivity contribution < 1.29 is 13.2 Å². The van der Waals surface area contributed by atoms with E-state index in [1.807, 2.05) is 0 Å². The second-order valence-electron chi connectivity index (χ2n) is 5.67. The lowest BCUT2D eigenvalue weighted by Gasteiger charge is -2.35. The first-order valence-corrected chi connectivity index (χ1v) is 8.19. The molecule has 0 aliphatic rings. The molecule has 18 heavy (non-hydrogen) atoms. The van der Waals surface area contributed by atoms with Gasteiger partial charge >= 0.3 is 0 Å². The van der Waals surface area contributed by atoms with Crippen LogP contribution in [0.15, 0.2) is 0 Å². The van der Waals surface area contributed by atoms with E-state index in [-0.39, 0.29) is 29.1 Å². The van der Waals surface area contributed by atoms with Crippen molar-refractivity contribution in [1.29, 1.82) is 0 Å². The summed E-state index contributed by atoms with van der Waals surface area (Å²) in [6, 6.07) is -0.0398. The van der Waals surface area contributed by atoms with Crippen LogP contribution < -0.4 is 11.3 Å². The van der Waals surface area contributed by atoms with Crippen LogP contribution in [0.4, 0.5) is 0 Å². The van der Waals surface area contributed by atoms with Crippen LogP contribution >= 0.6 is 0 Å². The summed E-state index contributed by atoms with van der Waals surface area (Å²) in [5, 5.41) is 0. The number of hydrazine groups is 1. The Kier molecular flexibility index (Phi) is 7.36. The largest absolute Gasteiger partial charge is 0.379 e. The highest BCUT2D eigenvalue weighted by molar-refractivity contribution is 7.91. The average molecular weight is 280 g/mol. The van der Waals surface area contributed by atoms with Gasteiger partial charge in [-0.05, 0) is 18.3 Å². The van der Waals surface area contributed by atoms with E-state index in [1.165, 1.54) is 0 Å². The second-order valence-corrected chi connectivity index (χ2v) is 8.15. The minimum atomic E-state index is -2.90. The number of ether oxygens (including phenoxy) is 1. The average Bonchev–Trinajstić information content (AvgIpc) is 2.26. The molecule has 6 heteroatoms. The maximum absolute atomic E-state index is 11.4. The Labute approximate surface area is 111 Å². The van der Waals surface area contributed by atoms with E-state index < -0.39 is 9.84 Å². The summed E-state index contributed by atoms with van der Waals surface area (Å²) in [5.74, 6) is 5.95.